The van der Waals surface area contributed by atoms with E-state index in [0.717, 1.165) is 44.2 Å². The molecule has 2 atom stereocenters. The van der Waals surface area contributed by atoms with E-state index in [4.69, 9.17) is 4.74 Å². The van der Waals surface area contributed by atoms with Crippen LogP contribution >= 0.6 is 0 Å². The maximum Gasteiger partial charge on any atom is 0.122 e. The van der Waals surface area contributed by atoms with Crippen LogP contribution < -0.4 is 5.32 Å². The Labute approximate surface area is 137 Å². The van der Waals surface area contributed by atoms with Gasteiger partial charge in [0, 0.05) is 56.3 Å². The maximum absolute atomic E-state index is 6.05. The molecule has 1 aliphatic rings. The molecule has 6 nitrogen and oxygen atoms in total. The number of hydrogen-bond donors (Lipinski definition) is 1. The predicted molar refractivity (Wildman–Crippen MR) is 89.1 cm³/mol. The Bertz CT molecular complexity index is 660. The molecule has 6 heteroatoms. The van der Waals surface area contributed by atoms with Crippen molar-refractivity contribution in [3.8, 4) is 0 Å². The molecule has 2 aromatic rings. The van der Waals surface area contributed by atoms with Crippen molar-refractivity contribution in [1.82, 2.24) is 24.6 Å². The van der Waals surface area contributed by atoms with Crippen LogP contribution in [-0.2, 0) is 24.9 Å². The Morgan fingerprint density at radius 3 is 2.91 bits per heavy atom. The SMILES string of the molecule is CCn1ccnc1CNC[C@@H]1CCO[C@H]1c1c(C)nn(C)c1C. The van der Waals surface area contributed by atoms with Crippen molar-refractivity contribution in [2.45, 2.75) is 46.4 Å². The highest BCUT2D eigenvalue weighted by atomic mass is 16.5. The predicted octanol–water partition coefficient (Wildman–Crippen LogP) is 2.12. The van der Waals surface area contributed by atoms with Crippen LogP contribution in [0, 0.1) is 19.8 Å². The second kappa shape index (κ2) is 6.84. The highest BCUT2D eigenvalue weighted by Crippen LogP contribution is 2.37. The van der Waals surface area contributed by atoms with Crippen molar-refractivity contribution < 1.29 is 4.74 Å². The molecular formula is C17H27N5O. The van der Waals surface area contributed by atoms with Gasteiger partial charge in [0.2, 0.25) is 0 Å². The summed E-state index contributed by atoms with van der Waals surface area (Å²) >= 11 is 0. The van der Waals surface area contributed by atoms with E-state index in [-0.39, 0.29) is 6.10 Å². The van der Waals surface area contributed by atoms with Gasteiger partial charge < -0.3 is 14.6 Å². The topological polar surface area (TPSA) is 56.9 Å². The van der Waals surface area contributed by atoms with Crippen molar-refractivity contribution >= 4 is 0 Å². The third kappa shape index (κ3) is 3.19. The number of imidazole rings is 1. The summed E-state index contributed by atoms with van der Waals surface area (Å²) in [5.74, 6) is 1.58. The molecule has 3 heterocycles. The van der Waals surface area contributed by atoms with Gasteiger partial charge in [-0.2, -0.15) is 5.10 Å². The van der Waals surface area contributed by atoms with Crippen LogP contribution in [0.4, 0.5) is 0 Å². The molecule has 1 fully saturated rings. The van der Waals surface area contributed by atoms with E-state index in [1.165, 1.54) is 11.3 Å². The van der Waals surface area contributed by atoms with E-state index in [1.807, 2.05) is 24.1 Å². The molecule has 0 amide bonds. The first-order chi connectivity index (χ1) is 11.1. The average molecular weight is 317 g/mol. The highest BCUT2D eigenvalue weighted by molar-refractivity contribution is 5.28. The van der Waals surface area contributed by atoms with Crippen LogP contribution in [0.1, 0.15) is 42.2 Å². The lowest BCUT2D eigenvalue weighted by Gasteiger charge is -2.20. The summed E-state index contributed by atoms with van der Waals surface area (Å²) in [6.07, 6.45) is 5.14. The van der Waals surface area contributed by atoms with Gasteiger partial charge in [0.05, 0.1) is 18.3 Å². The standard InChI is InChI=1S/C17H27N5O/c1-5-22-8-7-19-15(22)11-18-10-14-6-9-23-17(14)16-12(2)20-21(4)13(16)3/h7-8,14,17-18H,5-6,9-11H2,1-4H3/t14-,17+/m0/s1. The Kier molecular flexibility index (Phi) is 4.82. The van der Waals surface area contributed by atoms with Gasteiger partial charge in [0.15, 0.2) is 0 Å². The smallest absolute Gasteiger partial charge is 0.122 e. The van der Waals surface area contributed by atoms with Gasteiger partial charge in [-0.25, -0.2) is 4.98 Å². The lowest BCUT2D eigenvalue weighted by molar-refractivity contribution is 0.0893. The lowest BCUT2D eigenvalue weighted by Crippen LogP contribution is -2.26. The number of rotatable bonds is 6. The van der Waals surface area contributed by atoms with E-state index < -0.39 is 0 Å². The Morgan fingerprint density at radius 1 is 1.39 bits per heavy atom. The van der Waals surface area contributed by atoms with E-state index in [9.17, 15) is 0 Å². The minimum Gasteiger partial charge on any atom is -0.373 e. The van der Waals surface area contributed by atoms with Gasteiger partial charge >= 0.3 is 0 Å². The maximum atomic E-state index is 6.05. The second-order valence-corrected chi connectivity index (χ2v) is 6.31. The number of ether oxygens (including phenoxy) is 1. The van der Waals surface area contributed by atoms with E-state index in [1.54, 1.807) is 0 Å². The molecule has 0 saturated carbocycles. The quantitative estimate of drug-likeness (QED) is 0.887. The fourth-order valence-corrected chi connectivity index (χ4v) is 3.53. The summed E-state index contributed by atoms with van der Waals surface area (Å²) < 4.78 is 10.2. The van der Waals surface area contributed by atoms with Gasteiger partial charge in [0.25, 0.3) is 0 Å². The van der Waals surface area contributed by atoms with Crippen LogP contribution in [0.25, 0.3) is 0 Å². The van der Waals surface area contributed by atoms with Gasteiger partial charge in [-0.15, -0.1) is 0 Å². The molecule has 0 unspecified atom stereocenters. The molecular weight excluding hydrogens is 290 g/mol. The normalized spacial score (nSPS) is 21.2. The summed E-state index contributed by atoms with van der Waals surface area (Å²) in [7, 11) is 2.00. The van der Waals surface area contributed by atoms with Crippen molar-refractivity contribution in [2.24, 2.45) is 13.0 Å². The molecule has 1 saturated heterocycles. The first-order valence-corrected chi connectivity index (χ1v) is 8.44. The first-order valence-electron chi connectivity index (χ1n) is 8.44. The lowest BCUT2D eigenvalue weighted by atomic mass is 9.94. The van der Waals surface area contributed by atoms with E-state index in [2.05, 4.69) is 40.7 Å². The molecule has 0 aliphatic carbocycles. The summed E-state index contributed by atoms with van der Waals surface area (Å²) in [5.41, 5.74) is 3.57. The van der Waals surface area contributed by atoms with Gasteiger partial charge in [-0.3, -0.25) is 4.68 Å². The Morgan fingerprint density at radius 2 is 2.22 bits per heavy atom. The molecule has 126 valence electrons. The molecule has 0 spiro atoms. The number of aromatic nitrogens is 4. The zero-order valence-corrected chi connectivity index (χ0v) is 14.5. The molecule has 3 rings (SSSR count). The summed E-state index contributed by atoms with van der Waals surface area (Å²) in [6, 6.07) is 0. The van der Waals surface area contributed by atoms with Crippen molar-refractivity contribution in [2.75, 3.05) is 13.2 Å². The van der Waals surface area contributed by atoms with E-state index in [0.29, 0.717) is 5.92 Å². The monoisotopic (exact) mass is 317 g/mol. The third-order valence-electron chi connectivity index (χ3n) is 4.90. The Hall–Kier alpha value is -1.66. The van der Waals surface area contributed by atoms with Crippen molar-refractivity contribution in [1.29, 1.82) is 0 Å². The molecule has 23 heavy (non-hydrogen) atoms. The molecule has 0 aromatic carbocycles. The highest BCUT2D eigenvalue weighted by Gasteiger charge is 2.33. The van der Waals surface area contributed by atoms with Gasteiger partial charge in [0.1, 0.15) is 5.82 Å². The largest absolute Gasteiger partial charge is 0.373 e. The summed E-state index contributed by atoms with van der Waals surface area (Å²) in [6.45, 7) is 9.87. The molecule has 1 N–H and O–H groups in total. The van der Waals surface area contributed by atoms with E-state index >= 15 is 0 Å². The van der Waals surface area contributed by atoms with Gasteiger partial charge in [-0.1, -0.05) is 0 Å². The van der Waals surface area contributed by atoms with Crippen molar-refractivity contribution in [3.05, 3.63) is 35.2 Å². The second-order valence-electron chi connectivity index (χ2n) is 6.31. The number of hydrogen-bond acceptors (Lipinski definition) is 4. The zero-order chi connectivity index (χ0) is 16.4. The van der Waals surface area contributed by atoms with Crippen LogP contribution in [0.3, 0.4) is 0 Å². The average Bonchev–Trinajstić information content (AvgIpc) is 3.21. The minimum atomic E-state index is 0.155. The van der Waals surface area contributed by atoms with Crippen molar-refractivity contribution in [3.63, 3.8) is 0 Å². The molecule has 2 aromatic heterocycles. The zero-order valence-electron chi connectivity index (χ0n) is 14.5. The summed E-state index contributed by atoms with van der Waals surface area (Å²) in [4.78, 5) is 4.42. The number of nitrogens with one attached hydrogen (secondary N) is 1. The van der Waals surface area contributed by atoms with Crippen LogP contribution in [-0.4, -0.2) is 32.5 Å². The van der Waals surface area contributed by atoms with Crippen LogP contribution in [0.15, 0.2) is 12.4 Å². The third-order valence-corrected chi connectivity index (χ3v) is 4.90. The van der Waals surface area contributed by atoms with Crippen LogP contribution in [0.2, 0.25) is 0 Å². The molecule has 0 bridgehead atoms. The Balaban J connectivity index is 1.63. The van der Waals surface area contributed by atoms with Crippen LogP contribution in [0.5, 0.6) is 0 Å². The number of aryl methyl sites for hydroxylation is 3. The number of nitrogens with zero attached hydrogens (tertiary/aromatic N) is 4. The van der Waals surface area contributed by atoms with Gasteiger partial charge in [-0.05, 0) is 27.2 Å². The fourth-order valence-electron chi connectivity index (χ4n) is 3.53. The first kappa shape index (κ1) is 16.2. The molecule has 0 radical (unpaired) electrons. The summed E-state index contributed by atoms with van der Waals surface area (Å²) in [5, 5.41) is 8.10. The fraction of sp³-hybridized carbons (Fsp3) is 0.647. The molecule has 1 aliphatic heterocycles. The minimum absolute atomic E-state index is 0.155.